The lowest BCUT2D eigenvalue weighted by molar-refractivity contribution is -0.139. The zero-order chi connectivity index (χ0) is 21.8. The molecule has 0 aliphatic carbocycles. The van der Waals surface area contributed by atoms with Crippen molar-refractivity contribution in [2.45, 2.75) is 27.2 Å². The standard InChI is InChI=1S/C22H24FO5P/c1-14-9-15(2)19(20(10-14)17-5-6-21(23)16(3)11-17)7-8-29(27,28-4)13-18(24)12-22(25)26/h5-11H,12-13H2,1-4H3,(H,25,26)/b8-7+. The molecule has 7 heteroatoms. The number of aryl methyl sites for hydroxylation is 3. The summed E-state index contributed by atoms with van der Waals surface area (Å²) in [6, 6.07) is 8.74. The minimum absolute atomic E-state index is 0.295. The maximum atomic E-state index is 13.7. The van der Waals surface area contributed by atoms with Crippen LogP contribution in [0.5, 0.6) is 0 Å². The van der Waals surface area contributed by atoms with Crippen LogP contribution in [0.25, 0.3) is 17.2 Å². The molecule has 2 rings (SSSR count). The van der Waals surface area contributed by atoms with Crippen molar-refractivity contribution in [2.75, 3.05) is 13.3 Å². The van der Waals surface area contributed by atoms with E-state index in [-0.39, 0.29) is 5.82 Å². The van der Waals surface area contributed by atoms with Crippen LogP contribution in [0.4, 0.5) is 4.39 Å². The van der Waals surface area contributed by atoms with Gasteiger partial charge in [-0.1, -0.05) is 23.8 Å². The Labute approximate surface area is 169 Å². The zero-order valence-electron chi connectivity index (χ0n) is 16.9. The SMILES string of the molecule is COP(=O)(/C=C/c1c(C)cc(C)cc1-c1ccc(F)c(C)c1)CC(=O)CC(=O)O. The van der Waals surface area contributed by atoms with Gasteiger partial charge in [-0.25, -0.2) is 4.39 Å². The van der Waals surface area contributed by atoms with Gasteiger partial charge in [0.15, 0.2) is 5.78 Å². The highest BCUT2D eigenvalue weighted by molar-refractivity contribution is 7.63. The van der Waals surface area contributed by atoms with Crippen molar-refractivity contribution in [1.29, 1.82) is 0 Å². The van der Waals surface area contributed by atoms with Crippen molar-refractivity contribution in [3.63, 3.8) is 0 Å². The van der Waals surface area contributed by atoms with Crippen LogP contribution in [-0.2, 0) is 18.7 Å². The first-order valence-electron chi connectivity index (χ1n) is 8.99. The Bertz CT molecular complexity index is 1030. The number of carboxylic acids is 1. The minimum atomic E-state index is -3.49. The fourth-order valence-corrected chi connectivity index (χ4v) is 4.42. The van der Waals surface area contributed by atoms with E-state index in [9.17, 15) is 18.5 Å². The maximum Gasteiger partial charge on any atom is 0.310 e. The van der Waals surface area contributed by atoms with Crippen LogP contribution in [0.3, 0.4) is 0 Å². The molecule has 0 bridgehead atoms. The number of halogens is 1. The Morgan fingerprint density at radius 1 is 1.14 bits per heavy atom. The van der Waals surface area contributed by atoms with Crippen LogP contribution in [0.2, 0.25) is 0 Å². The molecule has 0 spiro atoms. The predicted octanol–water partition coefficient (Wildman–Crippen LogP) is 5.36. The Kier molecular flexibility index (Phi) is 7.28. The number of ketones is 1. The second-order valence-corrected chi connectivity index (χ2v) is 9.43. The fraction of sp³-hybridized carbons (Fsp3) is 0.273. The van der Waals surface area contributed by atoms with Gasteiger partial charge in [-0.2, -0.15) is 0 Å². The molecule has 0 aliphatic rings. The first-order chi connectivity index (χ1) is 13.5. The number of carbonyl (C=O) groups excluding carboxylic acids is 1. The lowest BCUT2D eigenvalue weighted by Crippen LogP contribution is -2.11. The summed E-state index contributed by atoms with van der Waals surface area (Å²) in [4.78, 5) is 22.5. The van der Waals surface area contributed by atoms with Crippen LogP contribution < -0.4 is 0 Å². The van der Waals surface area contributed by atoms with Gasteiger partial charge in [0.1, 0.15) is 12.2 Å². The molecule has 154 valence electrons. The molecule has 0 aromatic heterocycles. The van der Waals surface area contributed by atoms with Crippen molar-refractivity contribution in [3.8, 4) is 11.1 Å². The molecular weight excluding hydrogens is 394 g/mol. The first kappa shape index (κ1) is 22.7. The summed E-state index contributed by atoms with van der Waals surface area (Å²) in [5.41, 5.74) is 4.86. The highest BCUT2D eigenvalue weighted by atomic mass is 31.2. The van der Waals surface area contributed by atoms with Gasteiger partial charge in [0.25, 0.3) is 0 Å². The Morgan fingerprint density at radius 2 is 1.83 bits per heavy atom. The molecule has 0 aliphatic heterocycles. The van der Waals surface area contributed by atoms with Gasteiger partial charge in [0.2, 0.25) is 7.37 Å². The zero-order valence-corrected chi connectivity index (χ0v) is 17.8. The van der Waals surface area contributed by atoms with Gasteiger partial charge < -0.3 is 9.63 Å². The van der Waals surface area contributed by atoms with Crippen LogP contribution in [0, 0.1) is 26.6 Å². The summed E-state index contributed by atoms with van der Waals surface area (Å²) < 4.78 is 31.7. The van der Waals surface area contributed by atoms with Gasteiger partial charge in [0.05, 0.1) is 6.16 Å². The molecule has 1 N–H and O–H groups in total. The smallest absolute Gasteiger partial charge is 0.310 e. The second kappa shape index (κ2) is 9.29. The van der Waals surface area contributed by atoms with Crippen molar-refractivity contribution in [1.82, 2.24) is 0 Å². The molecule has 29 heavy (non-hydrogen) atoms. The molecule has 0 saturated carbocycles. The van der Waals surface area contributed by atoms with Crippen molar-refractivity contribution < 1.29 is 28.2 Å². The number of aliphatic carboxylic acids is 1. The van der Waals surface area contributed by atoms with Crippen molar-refractivity contribution >= 4 is 25.2 Å². The first-order valence-corrected chi connectivity index (χ1v) is 10.9. The molecule has 2 aromatic carbocycles. The molecule has 0 amide bonds. The third-order valence-corrected chi connectivity index (χ3v) is 6.54. The number of Topliss-reactive ketones (excluding diaryl/α,β-unsaturated/α-hetero) is 1. The number of rotatable bonds is 8. The van der Waals surface area contributed by atoms with Crippen LogP contribution in [-0.4, -0.2) is 30.1 Å². The molecule has 0 saturated heterocycles. The Morgan fingerprint density at radius 3 is 2.41 bits per heavy atom. The second-order valence-electron chi connectivity index (χ2n) is 7.00. The maximum absolute atomic E-state index is 13.7. The van der Waals surface area contributed by atoms with Gasteiger partial charge in [-0.15, -0.1) is 0 Å². The van der Waals surface area contributed by atoms with E-state index in [4.69, 9.17) is 9.63 Å². The quantitative estimate of drug-likeness (QED) is 0.461. The molecule has 1 atom stereocenters. The number of carbonyl (C=O) groups is 2. The highest BCUT2D eigenvalue weighted by Gasteiger charge is 2.24. The monoisotopic (exact) mass is 418 g/mol. The summed E-state index contributed by atoms with van der Waals surface area (Å²) in [7, 11) is -2.26. The van der Waals surface area contributed by atoms with E-state index in [1.165, 1.54) is 19.0 Å². The predicted molar refractivity (Wildman–Crippen MR) is 112 cm³/mol. The molecular formula is C22H24FO5P. The van der Waals surface area contributed by atoms with Crippen molar-refractivity contribution in [2.24, 2.45) is 0 Å². The topological polar surface area (TPSA) is 80.7 Å². The van der Waals surface area contributed by atoms with Gasteiger partial charge in [0, 0.05) is 12.9 Å². The highest BCUT2D eigenvalue weighted by Crippen LogP contribution is 2.48. The Hall–Kier alpha value is -2.56. The Balaban J connectivity index is 2.48. The summed E-state index contributed by atoms with van der Waals surface area (Å²) >= 11 is 0. The summed E-state index contributed by atoms with van der Waals surface area (Å²) in [5.74, 6) is -0.895. The van der Waals surface area contributed by atoms with E-state index >= 15 is 0 Å². The number of benzene rings is 2. The van der Waals surface area contributed by atoms with Gasteiger partial charge in [-0.05, 0) is 66.8 Å². The molecule has 0 fully saturated rings. The third-order valence-electron chi connectivity index (χ3n) is 4.52. The minimum Gasteiger partial charge on any atom is -0.481 e. The number of hydrogen-bond acceptors (Lipinski definition) is 4. The molecule has 0 radical (unpaired) electrons. The van der Waals surface area contributed by atoms with Crippen LogP contribution >= 0.6 is 7.37 Å². The van der Waals surface area contributed by atoms with E-state index in [1.807, 2.05) is 26.0 Å². The average molecular weight is 418 g/mol. The molecule has 0 heterocycles. The summed E-state index contributed by atoms with van der Waals surface area (Å²) in [5, 5.41) is 8.73. The third kappa shape index (κ3) is 5.96. The molecule has 2 aromatic rings. The van der Waals surface area contributed by atoms with E-state index in [0.29, 0.717) is 5.56 Å². The van der Waals surface area contributed by atoms with Gasteiger partial charge >= 0.3 is 5.97 Å². The van der Waals surface area contributed by atoms with E-state index < -0.39 is 31.7 Å². The van der Waals surface area contributed by atoms with E-state index in [1.54, 1.807) is 25.1 Å². The van der Waals surface area contributed by atoms with Crippen LogP contribution in [0.15, 0.2) is 36.1 Å². The largest absolute Gasteiger partial charge is 0.481 e. The molecule has 1 unspecified atom stereocenters. The van der Waals surface area contributed by atoms with E-state index in [2.05, 4.69) is 0 Å². The average Bonchev–Trinajstić information content (AvgIpc) is 2.62. The lowest BCUT2D eigenvalue weighted by atomic mass is 9.93. The lowest BCUT2D eigenvalue weighted by Gasteiger charge is -2.14. The van der Waals surface area contributed by atoms with Crippen LogP contribution in [0.1, 0.15) is 28.7 Å². The van der Waals surface area contributed by atoms with E-state index in [0.717, 1.165) is 27.8 Å². The number of hydrogen-bond donors (Lipinski definition) is 1. The summed E-state index contributed by atoms with van der Waals surface area (Å²) in [6.07, 6.45) is 0.439. The van der Waals surface area contributed by atoms with Crippen molar-refractivity contribution in [3.05, 3.63) is 64.2 Å². The van der Waals surface area contributed by atoms with Gasteiger partial charge in [-0.3, -0.25) is 14.2 Å². The normalized spacial score (nSPS) is 13.4. The summed E-state index contributed by atoms with van der Waals surface area (Å²) in [6.45, 7) is 5.54. The number of carboxylic acid groups (broad SMARTS) is 1. The fourth-order valence-electron chi connectivity index (χ4n) is 3.09. The molecule has 5 nitrogen and oxygen atoms in total.